The van der Waals surface area contributed by atoms with Crippen LogP contribution in [0, 0.1) is 0 Å². The van der Waals surface area contributed by atoms with Crippen molar-refractivity contribution in [2.75, 3.05) is 17.8 Å². The Hall–Kier alpha value is -2.21. The van der Waals surface area contributed by atoms with Gasteiger partial charge in [-0.1, -0.05) is 28.1 Å². The van der Waals surface area contributed by atoms with Crippen LogP contribution in [0.15, 0.2) is 40.9 Å². The van der Waals surface area contributed by atoms with Crippen molar-refractivity contribution >= 4 is 33.2 Å². The predicted molar refractivity (Wildman–Crippen MR) is 83.5 cm³/mol. The van der Waals surface area contributed by atoms with Crippen LogP contribution in [0.1, 0.15) is 5.56 Å². The largest absolute Gasteiger partial charge is 0.454 e. The number of ether oxygens (including phenoxy) is 2. The van der Waals surface area contributed by atoms with Gasteiger partial charge in [-0.05, 0) is 17.7 Å². The van der Waals surface area contributed by atoms with Gasteiger partial charge in [0.15, 0.2) is 11.5 Å². The molecule has 1 amide bonds. The van der Waals surface area contributed by atoms with E-state index >= 15 is 0 Å². The molecule has 0 atom stereocenters. The first-order chi connectivity index (χ1) is 10.1. The molecular formula is C15H13BrN2O3. The van der Waals surface area contributed by atoms with Crippen LogP contribution < -0.4 is 20.5 Å². The number of hydrogen-bond acceptors (Lipinski definition) is 4. The van der Waals surface area contributed by atoms with Crippen LogP contribution in [0.4, 0.5) is 11.4 Å². The number of carbonyl (C=O) groups excluding carboxylic acids is 1. The van der Waals surface area contributed by atoms with Crippen LogP contribution in [0.3, 0.4) is 0 Å². The molecule has 1 aliphatic rings. The van der Waals surface area contributed by atoms with Crippen LogP contribution >= 0.6 is 15.9 Å². The normalized spacial score (nSPS) is 12.2. The average Bonchev–Trinajstić information content (AvgIpc) is 2.89. The topological polar surface area (TPSA) is 73.6 Å². The summed E-state index contributed by atoms with van der Waals surface area (Å²) in [6.45, 7) is 0.172. The number of amides is 1. The minimum atomic E-state index is -0.136. The molecule has 2 aromatic carbocycles. The molecule has 1 heterocycles. The Kier molecular flexibility index (Phi) is 3.70. The van der Waals surface area contributed by atoms with E-state index in [2.05, 4.69) is 21.2 Å². The summed E-state index contributed by atoms with van der Waals surface area (Å²) in [6, 6.07) is 10.9. The standard InChI is InChI=1S/C15H13BrN2O3/c16-10-3-1-9(2-4-10)5-15(19)18-12-7-14-13(6-11(12)17)20-8-21-14/h1-4,6-7H,5,8,17H2,(H,18,19). The summed E-state index contributed by atoms with van der Waals surface area (Å²) < 4.78 is 11.5. The third-order valence-corrected chi connectivity index (χ3v) is 3.63. The highest BCUT2D eigenvalue weighted by Gasteiger charge is 2.17. The Morgan fingerprint density at radius 3 is 2.57 bits per heavy atom. The molecular weight excluding hydrogens is 336 g/mol. The fraction of sp³-hybridized carbons (Fsp3) is 0.133. The second-order valence-corrected chi connectivity index (χ2v) is 5.56. The number of fused-ring (bicyclic) bond motifs is 1. The van der Waals surface area contributed by atoms with E-state index < -0.39 is 0 Å². The fourth-order valence-corrected chi connectivity index (χ4v) is 2.31. The lowest BCUT2D eigenvalue weighted by atomic mass is 10.1. The van der Waals surface area contributed by atoms with Crippen molar-refractivity contribution in [3.63, 3.8) is 0 Å². The van der Waals surface area contributed by atoms with Gasteiger partial charge in [-0.25, -0.2) is 0 Å². The minimum Gasteiger partial charge on any atom is -0.454 e. The maximum Gasteiger partial charge on any atom is 0.231 e. The van der Waals surface area contributed by atoms with Crippen LogP contribution in [0.5, 0.6) is 11.5 Å². The van der Waals surface area contributed by atoms with Crippen LogP contribution in [-0.2, 0) is 11.2 Å². The lowest BCUT2D eigenvalue weighted by Crippen LogP contribution is -2.15. The molecule has 0 saturated heterocycles. The summed E-state index contributed by atoms with van der Waals surface area (Å²) in [7, 11) is 0. The molecule has 0 spiro atoms. The molecule has 3 rings (SSSR count). The Labute approximate surface area is 130 Å². The Bertz CT molecular complexity index is 686. The van der Waals surface area contributed by atoms with E-state index in [-0.39, 0.29) is 19.1 Å². The number of nitrogens with two attached hydrogens (primary N) is 1. The van der Waals surface area contributed by atoms with Crippen molar-refractivity contribution in [2.24, 2.45) is 0 Å². The summed E-state index contributed by atoms with van der Waals surface area (Å²) in [6.07, 6.45) is 0.279. The van der Waals surface area contributed by atoms with E-state index in [1.165, 1.54) is 0 Å². The first kappa shape index (κ1) is 13.8. The molecule has 6 heteroatoms. The van der Waals surface area contributed by atoms with Crippen LogP contribution in [0.2, 0.25) is 0 Å². The SMILES string of the molecule is Nc1cc2c(cc1NC(=O)Cc1ccc(Br)cc1)OCO2. The van der Waals surface area contributed by atoms with Crippen LogP contribution in [-0.4, -0.2) is 12.7 Å². The van der Waals surface area contributed by atoms with Crippen molar-refractivity contribution in [2.45, 2.75) is 6.42 Å². The zero-order chi connectivity index (χ0) is 14.8. The van der Waals surface area contributed by atoms with Gasteiger partial charge >= 0.3 is 0 Å². The molecule has 3 N–H and O–H groups in total. The zero-order valence-corrected chi connectivity index (χ0v) is 12.6. The van der Waals surface area contributed by atoms with Crippen molar-refractivity contribution in [3.05, 3.63) is 46.4 Å². The minimum absolute atomic E-state index is 0.136. The number of rotatable bonds is 3. The number of benzene rings is 2. The number of nitrogens with one attached hydrogen (secondary N) is 1. The molecule has 21 heavy (non-hydrogen) atoms. The van der Waals surface area contributed by atoms with Gasteiger partial charge in [0.25, 0.3) is 0 Å². The van der Waals surface area contributed by atoms with Gasteiger partial charge in [-0.2, -0.15) is 0 Å². The maximum atomic E-state index is 12.1. The lowest BCUT2D eigenvalue weighted by molar-refractivity contribution is -0.115. The van der Waals surface area contributed by atoms with E-state index in [1.807, 2.05) is 24.3 Å². The molecule has 2 aromatic rings. The maximum absolute atomic E-state index is 12.1. The second-order valence-electron chi connectivity index (χ2n) is 4.64. The number of carbonyl (C=O) groups is 1. The Morgan fingerprint density at radius 2 is 1.86 bits per heavy atom. The molecule has 0 aromatic heterocycles. The van der Waals surface area contributed by atoms with Gasteiger partial charge in [-0.3, -0.25) is 4.79 Å². The predicted octanol–water partition coefficient (Wildman–Crippen LogP) is 2.94. The monoisotopic (exact) mass is 348 g/mol. The average molecular weight is 349 g/mol. The quantitative estimate of drug-likeness (QED) is 0.836. The van der Waals surface area contributed by atoms with Crippen molar-refractivity contribution < 1.29 is 14.3 Å². The van der Waals surface area contributed by atoms with Gasteiger partial charge < -0.3 is 20.5 Å². The molecule has 5 nitrogen and oxygen atoms in total. The first-order valence-corrected chi connectivity index (χ1v) is 7.14. The highest BCUT2D eigenvalue weighted by molar-refractivity contribution is 9.10. The Morgan fingerprint density at radius 1 is 1.19 bits per heavy atom. The van der Waals surface area contributed by atoms with Crippen molar-refractivity contribution in [1.29, 1.82) is 0 Å². The van der Waals surface area contributed by atoms with Crippen molar-refractivity contribution in [3.8, 4) is 11.5 Å². The second kappa shape index (κ2) is 5.65. The molecule has 0 fully saturated rings. The van der Waals surface area contributed by atoms with E-state index in [0.717, 1.165) is 10.0 Å². The zero-order valence-electron chi connectivity index (χ0n) is 11.1. The van der Waals surface area contributed by atoms with Gasteiger partial charge in [0.1, 0.15) is 0 Å². The van der Waals surface area contributed by atoms with E-state index in [1.54, 1.807) is 12.1 Å². The molecule has 0 saturated carbocycles. The van der Waals surface area contributed by atoms with Gasteiger partial charge in [0, 0.05) is 16.6 Å². The highest BCUT2D eigenvalue weighted by atomic mass is 79.9. The van der Waals surface area contributed by atoms with Gasteiger partial charge in [-0.15, -0.1) is 0 Å². The third kappa shape index (κ3) is 3.11. The van der Waals surface area contributed by atoms with Gasteiger partial charge in [0.2, 0.25) is 12.7 Å². The summed E-state index contributed by atoms with van der Waals surface area (Å²) >= 11 is 3.36. The van der Waals surface area contributed by atoms with Gasteiger partial charge in [0.05, 0.1) is 17.8 Å². The molecule has 0 unspecified atom stereocenters. The number of nitrogen functional groups attached to an aromatic ring is 1. The molecule has 0 aliphatic carbocycles. The first-order valence-electron chi connectivity index (χ1n) is 6.35. The van der Waals surface area contributed by atoms with E-state index in [0.29, 0.717) is 22.9 Å². The number of hydrogen-bond donors (Lipinski definition) is 2. The third-order valence-electron chi connectivity index (χ3n) is 3.10. The van der Waals surface area contributed by atoms with E-state index in [4.69, 9.17) is 15.2 Å². The summed E-state index contributed by atoms with van der Waals surface area (Å²) in [4.78, 5) is 12.1. The van der Waals surface area contributed by atoms with Crippen LogP contribution in [0.25, 0.3) is 0 Å². The summed E-state index contributed by atoms with van der Waals surface area (Å²) in [5.41, 5.74) is 7.80. The molecule has 1 aliphatic heterocycles. The molecule has 0 radical (unpaired) electrons. The smallest absolute Gasteiger partial charge is 0.231 e. The fourth-order valence-electron chi connectivity index (χ4n) is 2.05. The molecule has 108 valence electrons. The Balaban J connectivity index is 1.71. The highest BCUT2D eigenvalue weighted by Crippen LogP contribution is 2.38. The molecule has 0 bridgehead atoms. The van der Waals surface area contributed by atoms with Crippen molar-refractivity contribution in [1.82, 2.24) is 0 Å². The number of anilines is 2. The summed E-state index contributed by atoms with van der Waals surface area (Å²) in [5.74, 6) is 1.05. The number of halogens is 1. The lowest BCUT2D eigenvalue weighted by Gasteiger charge is -2.09. The van der Waals surface area contributed by atoms with E-state index in [9.17, 15) is 4.79 Å². The summed E-state index contributed by atoms with van der Waals surface area (Å²) in [5, 5.41) is 2.79.